The smallest absolute Gasteiger partial charge is 0.336 e. The Hall–Kier alpha value is -2.34. The van der Waals surface area contributed by atoms with Crippen LogP contribution in [0.1, 0.15) is 37.0 Å². The fourth-order valence-corrected chi connectivity index (χ4v) is 2.78. The highest BCUT2D eigenvalue weighted by atomic mass is 16.5. The molecule has 0 aliphatic carbocycles. The Morgan fingerprint density at radius 1 is 1.32 bits per heavy atom. The van der Waals surface area contributed by atoms with Crippen molar-refractivity contribution in [3.8, 4) is 5.75 Å². The van der Waals surface area contributed by atoms with Crippen LogP contribution in [0.5, 0.6) is 5.75 Å². The van der Waals surface area contributed by atoms with E-state index in [1.54, 1.807) is 19.9 Å². The number of rotatable bonds is 6. The van der Waals surface area contributed by atoms with Crippen LogP contribution < -0.4 is 5.63 Å². The molecule has 25 heavy (non-hydrogen) atoms. The highest BCUT2D eigenvalue weighted by Gasteiger charge is 2.18. The lowest BCUT2D eigenvalue weighted by molar-refractivity contribution is -0.147. The molecular formula is C19H25NO5. The summed E-state index contributed by atoms with van der Waals surface area (Å²) in [5, 5.41) is 11.4. The molecule has 0 bridgehead atoms. The minimum absolute atomic E-state index is 0.0623. The standard InChI is InChI=1S/C19H25NO5/c1-11(2)24-16(21)7-6-13-9-14-12(3)8-17(22)25-19(14)15(18(13)23)10-20(4)5/h8-9,11,23H,6-7,10H2,1-5H3. The van der Waals surface area contributed by atoms with Gasteiger partial charge in [-0.15, -0.1) is 0 Å². The van der Waals surface area contributed by atoms with E-state index >= 15 is 0 Å². The van der Waals surface area contributed by atoms with Crippen LogP contribution in [0.15, 0.2) is 21.3 Å². The van der Waals surface area contributed by atoms with Gasteiger partial charge in [0, 0.05) is 24.4 Å². The van der Waals surface area contributed by atoms with Crippen LogP contribution in [0.4, 0.5) is 0 Å². The van der Waals surface area contributed by atoms with Gasteiger partial charge >= 0.3 is 11.6 Å². The molecule has 136 valence electrons. The Morgan fingerprint density at radius 2 is 2.00 bits per heavy atom. The summed E-state index contributed by atoms with van der Waals surface area (Å²) in [6.45, 7) is 5.84. The average Bonchev–Trinajstić information content (AvgIpc) is 2.48. The molecule has 1 heterocycles. The van der Waals surface area contributed by atoms with Crippen molar-refractivity contribution in [2.24, 2.45) is 0 Å². The van der Waals surface area contributed by atoms with Crippen molar-refractivity contribution in [1.82, 2.24) is 4.90 Å². The lowest BCUT2D eigenvalue weighted by Crippen LogP contribution is -2.14. The van der Waals surface area contributed by atoms with E-state index < -0.39 is 5.63 Å². The molecule has 0 saturated carbocycles. The van der Waals surface area contributed by atoms with Crippen molar-refractivity contribution >= 4 is 16.9 Å². The van der Waals surface area contributed by atoms with Gasteiger partial charge in [0.1, 0.15) is 11.3 Å². The highest BCUT2D eigenvalue weighted by molar-refractivity contribution is 5.86. The van der Waals surface area contributed by atoms with Crippen LogP contribution in [-0.2, 0) is 22.5 Å². The van der Waals surface area contributed by atoms with Crippen molar-refractivity contribution in [3.63, 3.8) is 0 Å². The predicted octanol–water partition coefficient (Wildman–Crippen LogP) is 2.75. The van der Waals surface area contributed by atoms with Crippen LogP contribution in [-0.4, -0.2) is 36.2 Å². The van der Waals surface area contributed by atoms with Gasteiger partial charge in [-0.2, -0.15) is 0 Å². The monoisotopic (exact) mass is 347 g/mol. The molecule has 0 unspecified atom stereocenters. The maximum atomic E-state index is 11.8. The molecule has 0 spiro atoms. The van der Waals surface area contributed by atoms with Crippen molar-refractivity contribution in [2.75, 3.05) is 14.1 Å². The van der Waals surface area contributed by atoms with E-state index in [1.807, 2.05) is 25.9 Å². The zero-order valence-corrected chi connectivity index (χ0v) is 15.4. The van der Waals surface area contributed by atoms with Gasteiger partial charge < -0.3 is 19.2 Å². The maximum absolute atomic E-state index is 11.8. The number of esters is 1. The Balaban J connectivity index is 2.48. The maximum Gasteiger partial charge on any atom is 0.336 e. The van der Waals surface area contributed by atoms with Crippen molar-refractivity contribution in [1.29, 1.82) is 0 Å². The summed E-state index contributed by atoms with van der Waals surface area (Å²) in [7, 11) is 3.73. The summed E-state index contributed by atoms with van der Waals surface area (Å²) in [6, 6.07) is 3.21. The van der Waals surface area contributed by atoms with E-state index in [9.17, 15) is 14.7 Å². The van der Waals surface area contributed by atoms with E-state index in [4.69, 9.17) is 9.15 Å². The number of ether oxygens (including phenoxy) is 1. The van der Waals surface area contributed by atoms with E-state index in [0.29, 0.717) is 29.7 Å². The van der Waals surface area contributed by atoms with E-state index in [-0.39, 0.29) is 24.2 Å². The summed E-state index contributed by atoms with van der Waals surface area (Å²) < 4.78 is 10.5. The number of hydrogen-bond donors (Lipinski definition) is 1. The molecule has 1 N–H and O–H groups in total. The Bertz CT molecular complexity index is 836. The molecule has 0 aliphatic heterocycles. The van der Waals surface area contributed by atoms with Crippen molar-refractivity contribution in [2.45, 2.75) is 46.3 Å². The SMILES string of the molecule is Cc1cc(=O)oc2c(CN(C)C)c(O)c(CCC(=O)OC(C)C)cc12. The zero-order chi connectivity index (χ0) is 18.7. The number of carbonyl (C=O) groups is 1. The summed E-state index contributed by atoms with van der Waals surface area (Å²) in [4.78, 5) is 25.4. The topological polar surface area (TPSA) is 80.0 Å². The minimum atomic E-state index is -0.447. The molecule has 2 rings (SSSR count). The lowest BCUT2D eigenvalue weighted by atomic mass is 9.98. The van der Waals surface area contributed by atoms with Crippen molar-refractivity contribution < 1.29 is 19.1 Å². The molecule has 0 amide bonds. The van der Waals surface area contributed by atoms with Crippen LogP contribution in [0, 0.1) is 6.92 Å². The number of aryl methyl sites for hydroxylation is 2. The van der Waals surface area contributed by atoms with Gasteiger partial charge in [-0.3, -0.25) is 4.79 Å². The van der Waals surface area contributed by atoms with Gasteiger partial charge in [-0.05, 0) is 58.5 Å². The van der Waals surface area contributed by atoms with Gasteiger partial charge in [0.05, 0.1) is 11.7 Å². The van der Waals surface area contributed by atoms with Crippen molar-refractivity contribution in [3.05, 3.63) is 39.2 Å². The Morgan fingerprint density at radius 3 is 2.60 bits per heavy atom. The molecule has 0 fully saturated rings. The third-order valence-electron chi connectivity index (χ3n) is 3.83. The average molecular weight is 347 g/mol. The van der Waals surface area contributed by atoms with E-state index in [0.717, 1.165) is 10.9 Å². The quantitative estimate of drug-likeness (QED) is 0.639. The zero-order valence-electron chi connectivity index (χ0n) is 15.4. The Labute approximate surface area is 147 Å². The van der Waals surface area contributed by atoms with Gasteiger partial charge in [0.2, 0.25) is 0 Å². The molecule has 6 heteroatoms. The minimum Gasteiger partial charge on any atom is -0.507 e. The first kappa shape index (κ1) is 19.0. The molecule has 2 aromatic rings. The second-order valence-corrected chi connectivity index (χ2v) is 6.76. The Kier molecular flexibility index (Phi) is 5.85. The first-order valence-electron chi connectivity index (χ1n) is 8.31. The molecule has 6 nitrogen and oxygen atoms in total. The molecule has 0 aliphatic rings. The van der Waals surface area contributed by atoms with Gasteiger partial charge in [-0.1, -0.05) is 0 Å². The van der Waals surface area contributed by atoms with Crippen LogP contribution >= 0.6 is 0 Å². The molecule has 1 aromatic carbocycles. The first-order valence-corrected chi connectivity index (χ1v) is 8.31. The van der Waals surface area contributed by atoms with E-state index in [1.165, 1.54) is 6.07 Å². The first-order chi connectivity index (χ1) is 11.7. The van der Waals surface area contributed by atoms with Crippen LogP contribution in [0.3, 0.4) is 0 Å². The fraction of sp³-hybridized carbons (Fsp3) is 0.474. The van der Waals surface area contributed by atoms with Gasteiger partial charge in [-0.25, -0.2) is 4.79 Å². The summed E-state index contributed by atoms with van der Waals surface area (Å²) in [5.74, 6) is -0.243. The number of hydrogen-bond acceptors (Lipinski definition) is 6. The summed E-state index contributed by atoms with van der Waals surface area (Å²) in [5.41, 5.74) is 1.91. The second kappa shape index (κ2) is 7.70. The summed E-state index contributed by atoms with van der Waals surface area (Å²) in [6.07, 6.45) is 0.361. The number of fused-ring (bicyclic) bond motifs is 1. The summed E-state index contributed by atoms with van der Waals surface area (Å²) >= 11 is 0. The number of carbonyl (C=O) groups excluding carboxylic acids is 1. The van der Waals surface area contributed by atoms with Gasteiger partial charge in [0.15, 0.2) is 0 Å². The number of benzene rings is 1. The van der Waals surface area contributed by atoms with Crippen LogP contribution in [0.25, 0.3) is 11.0 Å². The van der Waals surface area contributed by atoms with E-state index in [2.05, 4.69) is 0 Å². The van der Waals surface area contributed by atoms with Crippen LogP contribution in [0.2, 0.25) is 0 Å². The molecule has 1 aromatic heterocycles. The second-order valence-electron chi connectivity index (χ2n) is 6.76. The molecular weight excluding hydrogens is 322 g/mol. The normalized spacial score (nSPS) is 11.5. The number of phenolic OH excluding ortho intramolecular Hbond substituents is 1. The number of phenols is 1. The fourth-order valence-electron chi connectivity index (χ4n) is 2.78. The molecule has 0 radical (unpaired) electrons. The molecule has 0 atom stereocenters. The largest absolute Gasteiger partial charge is 0.507 e. The number of aromatic hydroxyl groups is 1. The van der Waals surface area contributed by atoms with Gasteiger partial charge in [0.25, 0.3) is 0 Å². The molecule has 0 saturated heterocycles. The lowest BCUT2D eigenvalue weighted by Gasteiger charge is -2.17. The predicted molar refractivity (Wildman–Crippen MR) is 95.8 cm³/mol. The third kappa shape index (κ3) is 4.60. The third-order valence-corrected chi connectivity index (χ3v) is 3.83. The highest BCUT2D eigenvalue weighted by Crippen LogP contribution is 2.33. The number of nitrogens with zero attached hydrogens (tertiary/aromatic N) is 1.